The summed E-state index contributed by atoms with van der Waals surface area (Å²) in [5.74, 6) is -1.83. The van der Waals surface area contributed by atoms with Gasteiger partial charge in [0.05, 0.1) is 12.8 Å². The van der Waals surface area contributed by atoms with Crippen LogP contribution in [0.2, 0.25) is 0 Å². The molecule has 0 aromatic carbocycles. The minimum atomic E-state index is -1.27. The van der Waals surface area contributed by atoms with Crippen molar-refractivity contribution in [2.24, 2.45) is 0 Å². The predicted octanol–water partition coefficient (Wildman–Crippen LogP) is 0.739. The van der Waals surface area contributed by atoms with Gasteiger partial charge in [0.25, 0.3) is 0 Å². The largest absolute Gasteiger partial charge is 0.481 e. The minimum absolute atomic E-state index is 0.176. The Bertz CT molecular complexity index is 470. The Kier molecular flexibility index (Phi) is 5.57. The fraction of sp³-hybridized carbons (Fsp3) is 0.417. The summed E-state index contributed by atoms with van der Waals surface area (Å²) in [4.78, 5) is 34.4. The van der Waals surface area contributed by atoms with E-state index in [1.807, 2.05) is 0 Å². The highest BCUT2D eigenvalue weighted by molar-refractivity contribution is 5.82. The second kappa shape index (κ2) is 7.17. The van der Waals surface area contributed by atoms with Gasteiger partial charge in [-0.3, -0.25) is 4.79 Å². The molecule has 0 saturated carbocycles. The van der Waals surface area contributed by atoms with E-state index < -0.39 is 24.0 Å². The third-order valence-corrected chi connectivity index (χ3v) is 2.56. The number of aliphatic carboxylic acids is 2. The molecule has 0 aliphatic rings. The molecule has 110 valence electrons. The molecule has 1 rings (SSSR count). The van der Waals surface area contributed by atoms with E-state index in [9.17, 15) is 14.4 Å². The Morgan fingerprint density at radius 3 is 2.60 bits per heavy atom. The SMILES string of the molecule is CN(Cc1ccco1)C(=O)NC(CCC(=O)O)C(=O)O. The van der Waals surface area contributed by atoms with Gasteiger partial charge in [-0.15, -0.1) is 0 Å². The number of rotatable bonds is 7. The van der Waals surface area contributed by atoms with Crippen molar-refractivity contribution in [3.8, 4) is 0 Å². The van der Waals surface area contributed by atoms with Crippen LogP contribution in [0.1, 0.15) is 18.6 Å². The van der Waals surface area contributed by atoms with E-state index >= 15 is 0 Å². The molecule has 1 heterocycles. The molecule has 0 radical (unpaired) electrons. The molecule has 3 N–H and O–H groups in total. The third kappa shape index (κ3) is 5.01. The van der Waals surface area contributed by atoms with Crippen LogP contribution in [-0.2, 0) is 16.1 Å². The van der Waals surface area contributed by atoms with Crippen LogP contribution < -0.4 is 5.32 Å². The van der Waals surface area contributed by atoms with E-state index in [-0.39, 0.29) is 19.4 Å². The summed E-state index contributed by atoms with van der Waals surface area (Å²) in [5, 5.41) is 19.7. The molecule has 1 aromatic rings. The van der Waals surface area contributed by atoms with Crippen LogP contribution in [0.15, 0.2) is 22.8 Å². The first kappa shape index (κ1) is 15.5. The molecule has 8 heteroatoms. The number of hydrogen-bond acceptors (Lipinski definition) is 4. The first-order valence-corrected chi connectivity index (χ1v) is 5.88. The average molecular weight is 284 g/mol. The summed E-state index contributed by atoms with van der Waals surface area (Å²) in [6, 6.07) is 1.51. The van der Waals surface area contributed by atoms with Crippen LogP contribution in [-0.4, -0.2) is 46.2 Å². The number of hydrogen-bond donors (Lipinski definition) is 3. The van der Waals surface area contributed by atoms with E-state index in [1.54, 1.807) is 12.1 Å². The molecule has 0 bridgehead atoms. The molecule has 0 aliphatic heterocycles. The summed E-state index contributed by atoms with van der Waals surface area (Å²) in [6.45, 7) is 0.185. The zero-order valence-electron chi connectivity index (χ0n) is 10.9. The fourth-order valence-corrected chi connectivity index (χ4v) is 1.49. The van der Waals surface area contributed by atoms with E-state index in [0.717, 1.165) is 0 Å². The highest BCUT2D eigenvalue weighted by atomic mass is 16.4. The molecule has 8 nitrogen and oxygen atoms in total. The second-order valence-electron chi connectivity index (χ2n) is 4.21. The van der Waals surface area contributed by atoms with Crippen molar-refractivity contribution in [1.29, 1.82) is 0 Å². The molecule has 0 aliphatic carbocycles. The van der Waals surface area contributed by atoms with Crippen molar-refractivity contribution < 1.29 is 29.0 Å². The first-order chi connectivity index (χ1) is 9.40. The lowest BCUT2D eigenvalue weighted by Crippen LogP contribution is -2.46. The van der Waals surface area contributed by atoms with Crippen LogP contribution in [0.4, 0.5) is 4.79 Å². The maximum Gasteiger partial charge on any atom is 0.326 e. The average Bonchev–Trinajstić information content (AvgIpc) is 2.86. The van der Waals surface area contributed by atoms with Gasteiger partial charge in [-0.05, 0) is 18.6 Å². The number of carbonyl (C=O) groups excluding carboxylic acids is 1. The number of carboxylic acids is 2. The van der Waals surface area contributed by atoms with Gasteiger partial charge in [-0.1, -0.05) is 0 Å². The predicted molar refractivity (Wildman–Crippen MR) is 67.0 cm³/mol. The normalized spacial score (nSPS) is 11.7. The monoisotopic (exact) mass is 284 g/mol. The first-order valence-electron chi connectivity index (χ1n) is 5.88. The van der Waals surface area contributed by atoms with Crippen LogP contribution in [0.25, 0.3) is 0 Å². The summed E-state index contributed by atoms with van der Waals surface area (Å²) in [7, 11) is 1.48. The molecular formula is C12H16N2O6. The number of carbonyl (C=O) groups is 3. The number of nitrogens with one attached hydrogen (secondary N) is 1. The minimum Gasteiger partial charge on any atom is -0.481 e. The van der Waals surface area contributed by atoms with Crippen molar-refractivity contribution in [2.45, 2.75) is 25.4 Å². The van der Waals surface area contributed by atoms with Gasteiger partial charge in [-0.2, -0.15) is 0 Å². The van der Waals surface area contributed by atoms with Crippen molar-refractivity contribution in [3.05, 3.63) is 24.2 Å². The highest BCUT2D eigenvalue weighted by Crippen LogP contribution is 2.05. The van der Waals surface area contributed by atoms with E-state index in [0.29, 0.717) is 5.76 Å². The zero-order valence-corrected chi connectivity index (χ0v) is 10.9. The maximum atomic E-state index is 11.8. The second-order valence-corrected chi connectivity index (χ2v) is 4.21. The van der Waals surface area contributed by atoms with Crippen molar-refractivity contribution in [1.82, 2.24) is 10.2 Å². The lowest BCUT2D eigenvalue weighted by molar-refractivity contribution is -0.140. The topological polar surface area (TPSA) is 120 Å². The maximum absolute atomic E-state index is 11.8. The molecule has 1 unspecified atom stereocenters. The van der Waals surface area contributed by atoms with E-state index in [1.165, 1.54) is 18.2 Å². The smallest absolute Gasteiger partial charge is 0.326 e. The van der Waals surface area contributed by atoms with Gasteiger partial charge in [0.2, 0.25) is 0 Å². The lowest BCUT2D eigenvalue weighted by Gasteiger charge is -2.20. The third-order valence-electron chi connectivity index (χ3n) is 2.56. The number of urea groups is 1. The van der Waals surface area contributed by atoms with Crippen molar-refractivity contribution in [3.63, 3.8) is 0 Å². The van der Waals surface area contributed by atoms with Gasteiger partial charge in [0.1, 0.15) is 11.8 Å². The Hall–Kier alpha value is -2.51. The Labute approximate surface area is 115 Å². The van der Waals surface area contributed by atoms with Crippen molar-refractivity contribution >= 4 is 18.0 Å². The number of carboxylic acid groups (broad SMARTS) is 2. The van der Waals surface area contributed by atoms with Gasteiger partial charge < -0.3 is 24.8 Å². The van der Waals surface area contributed by atoms with E-state index in [4.69, 9.17) is 14.6 Å². The number of nitrogens with zero attached hydrogens (tertiary/aromatic N) is 1. The Balaban J connectivity index is 2.52. The summed E-state index contributed by atoms with van der Waals surface area (Å²) in [6.07, 6.45) is 0.956. The van der Waals surface area contributed by atoms with Gasteiger partial charge in [-0.25, -0.2) is 9.59 Å². The molecule has 2 amide bonds. The van der Waals surface area contributed by atoms with Crippen LogP contribution >= 0.6 is 0 Å². The van der Waals surface area contributed by atoms with Crippen LogP contribution in [0.3, 0.4) is 0 Å². The lowest BCUT2D eigenvalue weighted by atomic mass is 10.1. The summed E-state index contributed by atoms with van der Waals surface area (Å²) >= 11 is 0. The van der Waals surface area contributed by atoms with Crippen LogP contribution in [0.5, 0.6) is 0 Å². The van der Waals surface area contributed by atoms with Crippen molar-refractivity contribution in [2.75, 3.05) is 7.05 Å². The molecule has 20 heavy (non-hydrogen) atoms. The standard InChI is InChI=1S/C12H16N2O6/c1-14(7-8-3-2-6-20-8)12(19)13-9(11(17)18)4-5-10(15)16/h2-3,6,9H,4-5,7H2,1H3,(H,13,19)(H,15,16)(H,17,18). The van der Waals surface area contributed by atoms with Gasteiger partial charge >= 0.3 is 18.0 Å². The summed E-state index contributed by atoms with van der Waals surface area (Å²) in [5.41, 5.74) is 0. The molecule has 0 fully saturated rings. The highest BCUT2D eigenvalue weighted by Gasteiger charge is 2.22. The molecular weight excluding hydrogens is 268 g/mol. The Morgan fingerprint density at radius 1 is 1.40 bits per heavy atom. The fourth-order valence-electron chi connectivity index (χ4n) is 1.49. The molecule has 1 atom stereocenters. The molecule has 0 saturated heterocycles. The van der Waals surface area contributed by atoms with Gasteiger partial charge in [0.15, 0.2) is 0 Å². The molecule has 0 spiro atoms. The zero-order chi connectivity index (χ0) is 15.1. The van der Waals surface area contributed by atoms with E-state index in [2.05, 4.69) is 5.32 Å². The summed E-state index contributed by atoms with van der Waals surface area (Å²) < 4.78 is 5.07. The number of amides is 2. The van der Waals surface area contributed by atoms with Crippen LogP contribution in [0, 0.1) is 0 Å². The molecule has 1 aromatic heterocycles. The number of furan rings is 1. The Morgan fingerprint density at radius 2 is 2.10 bits per heavy atom. The quantitative estimate of drug-likeness (QED) is 0.679. The van der Waals surface area contributed by atoms with Gasteiger partial charge in [0, 0.05) is 13.5 Å².